The summed E-state index contributed by atoms with van der Waals surface area (Å²) in [6.45, 7) is 0. The molecule has 0 aliphatic heterocycles. The van der Waals surface area contributed by atoms with Crippen molar-refractivity contribution < 1.29 is 0 Å². The molecule has 2 N–H and O–H groups in total. The lowest BCUT2D eigenvalue weighted by molar-refractivity contribution is 0.686. The summed E-state index contributed by atoms with van der Waals surface area (Å²) < 4.78 is 0. The van der Waals surface area contributed by atoms with E-state index >= 15 is 0 Å². The fourth-order valence-electron chi connectivity index (χ4n) is 1.04. The Morgan fingerprint density at radius 2 is 2.36 bits per heavy atom. The van der Waals surface area contributed by atoms with E-state index in [1.165, 1.54) is 0 Å². The van der Waals surface area contributed by atoms with Crippen LogP contribution in [0.3, 0.4) is 0 Å². The second-order valence-corrected chi connectivity index (χ2v) is 5.16. The molecule has 0 aromatic carbocycles. The van der Waals surface area contributed by atoms with Gasteiger partial charge in [-0.05, 0) is 18.4 Å². The van der Waals surface area contributed by atoms with Gasteiger partial charge in [0.1, 0.15) is 0 Å². The van der Waals surface area contributed by atoms with Gasteiger partial charge in [-0.3, -0.25) is 0 Å². The van der Waals surface area contributed by atoms with Crippen LogP contribution in [-0.4, -0.2) is 31.1 Å². The third-order valence-corrected chi connectivity index (χ3v) is 3.58. The van der Waals surface area contributed by atoms with Crippen molar-refractivity contribution in [3.05, 3.63) is 11.1 Å². The highest BCUT2D eigenvalue weighted by Crippen LogP contribution is 2.23. The molecule has 1 atom stereocenters. The number of anilines is 1. The van der Waals surface area contributed by atoms with E-state index in [1.807, 2.05) is 30.8 Å². The summed E-state index contributed by atoms with van der Waals surface area (Å²) in [6, 6.07) is 0.0902. The first-order chi connectivity index (χ1) is 6.65. The van der Waals surface area contributed by atoms with Crippen LogP contribution in [0, 0.1) is 0 Å². The van der Waals surface area contributed by atoms with Crippen molar-refractivity contribution in [3.63, 3.8) is 0 Å². The highest BCUT2D eigenvalue weighted by molar-refractivity contribution is 7.98. The predicted molar refractivity (Wildman–Crippen MR) is 66.4 cm³/mol. The van der Waals surface area contributed by atoms with E-state index in [0.29, 0.717) is 0 Å². The van der Waals surface area contributed by atoms with Crippen LogP contribution in [0.15, 0.2) is 5.38 Å². The summed E-state index contributed by atoms with van der Waals surface area (Å²) in [5, 5.41) is 3.08. The van der Waals surface area contributed by atoms with Gasteiger partial charge in [0.25, 0.3) is 0 Å². The Bertz CT molecular complexity index is 273. The molecule has 0 fully saturated rings. The quantitative estimate of drug-likeness (QED) is 0.841. The molecule has 1 rings (SSSR count). The first-order valence-corrected chi connectivity index (χ1v) is 6.79. The topological polar surface area (TPSA) is 42.1 Å². The maximum absolute atomic E-state index is 6.01. The third-order valence-electron chi connectivity index (χ3n) is 1.91. The molecule has 80 valence electrons. The molecule has 0 saturated heterocycles. The Balaban J connectivity index is 2.57. The van der Waals surface area contributed by atoms with Gasteiger partial charge >= 0.3 is 0 Å². The molecule has 0 bridgehead atoms. The molecule has 0 spiro atoms. The summed E-state index contributed by atoms with van der Waals surface area (Å²) >= 11 is 3.47. The summed E-state index contributed by atoms with van der Waals surface area (Å²) in [6.07, 6.45) is 3.09. The smallest absolute Gasteiger partial charge is 0.185 e. The third kappa shape index (κ3) is 3.15. The van der Waals surface area contributed by atoms with Gasteiger partial charge in [0.15, 0.2) is 5.13 Å². The second kappa shape index (κ2) is 5.58. The Hall–Kier alpha value is -0.260. The fraction of sp³-hybridized carbons (Fsp3) is 0.667. The van der Waals surface area contributed by atoms with Gasteiger partial charge in [-0.25, -0.2) is 4.98 Å². The number of hydrogen-bond donors (Lipinski definition) is 1. The summed E-state index contributed by atoms with van der Waals surface area (Å²) in [4.78, 5) is 6.48. The van der Waals surface area contributed by atoms with Gasteiger partial charge in [-0.2, -0.15) is 11.8 Å². The molecule has 0 aliphatic rings. The van der Waals surface area contributed by atoms with Crippen LogP contribution in [0.1, 0.15) is 18.2 Å². The molecule has 14 heavy (non-hydrogen) atoms. The zero-order valence-electron chi connectivity index (χ0n) is 8.86. The minimum absolute atomic E-state index is 0.0902. The largest absolute Gasteiger partial charge is 0.354 e. The minimum Gasteiger partial charge on any atom is -0.354 e. The van der Waals surface area contributed by atoms with Crippen LogP contribution in [-0.2, 0) is 0 Å². The van der Waals surface area contributed by atoms with Crippen molar-refractivity contribution >= 4 is 28.2 Å². The molecule has 1 aromatic heterocycles. The van der Waals surface area contributed by atoms with Crippen molar-refractivity contribution in [2.24, 2.45) is 5.73 Å². The van der Waals surface area contributed by atoms with Gasteiger partial charge in [-0.1, -0.05) is 0 Å². The number of hydrogen-bond acceptors (Lipinski definition) is 5. The van der Waals surface area contributed by atoms with Crippen molar-refractivity contribution in [2.75, 3.05) is 31.0 Å². The van der Waals surface area contributed by atoms with Gasteiger partial charge in [0.2, 0.25) is 0 Å². The molecule has 1 unspecified atom stereocenters. The van der Waals surface area contributed by atoms with E-state index in [0.717, 1.165) is 23.0 Å². The number of nitrogens with zero attached hydrogens (tertiary/aromatic N) is 2. The fourth-order valence-corrected chi connectivity index (χ4v) is 2.36. The molecule has 0 saturated carbocycles. The normalized spacial score (nSPS) is 12.9. The Labute approximate surface area is 93.7 Å². The van der Waals surface area contributed by atoms with E-state index in [-0.39, 0.29) is 6.04 Å². The first kappa shape index (κ1) is 11.8. The van der Waals surface area contributed by atoms with Gasteiger partial charge < -0.3 is 10.6 Å². The number of aromatic nitrogens is 1. The first-order valence-electron chi connectivity index (χ1n) is 4.52. The van der Waals surface area contributed by atoms with E-state index in [1.54, 1.807) is 11.3 Å². The van der Waals surface area contributed by atoms with Crippen LogP contribution < -0.4 is 10.6 Å². The maximum atomic E-state index is 6.01. The molecule has 1 aromatic rings. The molecular weight excluding hydrogens is 214 g/mol. The number of nitrogens with two attached hydrogens (primary N) is 1. The molecule has 0 aliphatic carbocycles. The minimum atomic E-state index is 0.0902. The van der Waals surface area contributed by atoms with Crippen LogP contribution in [0.4, 0.5) is 5.13 Å². The van der Waals surface area contributed by atoms with E-state index in [4.69, 9.17) is 5.73 Å². The van der Waals surface area contributed by atoms with Crippen LogP contribution in [0.2, 0.25) is 0 Å². The Kier molecular flexibility index (Phi) is 4.71. The second-order valence-electron chi connectivity index (χ2n) is 3.34. The van der Waals surface area contributed by atoms with Crippen molar-refractivity contribution in [3.8, 4) is 0 Å². The highest BCUT2D eigenvalue weighted by Gasteiger charge is 2.10. The maximum Gasteiger partial charge on any atom is 0.185 e. The van der Waals surface area contributed by atoms with Gasteiger partial charge in [0, 0.05) is 25.5 Å². The number of thioether (sulfide) groups is 1. The highest BCUT2D eigenvalue weighted by atomic mass is 32.2. The lowest BCUT2D eigenvalue weighted by Gasteiger charge is -2.08. The van der Waals surface area contributed by atoms with E-state index < -0.39 is 0 Å². The van der Waals surface area contributed by atoms with Crippen LogP contribution in [0.25, 0.3) is 0 Å². The average Bonchev–Trinajstić information content (AvgIpc) is 2.62. The van der Waals surface area contributed by atoms with Crippen molar-refractivity contribution in [1.82, 2.24) is 4.98 Å². The van der Waals surface area contributed by atoms with Crippen LogP contribution >= 0.6 is 23.1 Å². The zero-order chi connectivity index (χ0) is 10.6. The molecule has 5 heteroatoms. The summed E-state index contributed by atoms with van der Waals surface area (Å²) in [7, 11) is 3.99. The van der Waals surface area contributed by atoms with Crippen LogP contribution in [0.5, 0.6) is 0 Å². The van der Waals surface area contributed by atoms with Gasteiger partial charge in [-0.15, -0.1) is 11.3 Å². The van der Waals surface area contributed by atoms with E-state index in [9.17, 15) is 0 Å². The van der Waals surface area contributed by atoms with E-state index in [2.05, 4.69) is 16.6 Å². The summed E-state index contributed by atoms with van der Waals surface area (Å²) in [5.74, 6) is 1.09. The zero-order valence-corrected chi connectivity index (χ0v) is 10.5. The molecular formula is C9H17N3S2. The molecule has 3 nitrogen and oxygen atoms in total. The van der Waals surface area contributed by atoms with Gasteiger partial charge in [0.05, 0.1) is 5.69 Å². The van der Waals surface area contributed by atoms with Crippen molar-refractivity contribution in [1.29, 1.82) is 0 Å². The SMILES string of the molecule is CSCCC(N)c1csc(N(C)C)n1. The monoisotopic (exact) mass is 231 g/mol. The lowest BCUT2D eigenvalue weighted by atomic mass is 10.2. The molecule has 1 heterocycles. The predicted octanol–water partition coefficient (Wildman–Crippen LogP) is 1.96. The lowest BCUT2D eigenvalue weighted by Crippen LogP contribution is -2.13. The Morgan fingerprint density at radius 3 is 2.86 bits per heavy atom. The standard InChI is InChI=1S/C9H17N3S2/c1-12(2)9-11-8(6-14-9)7(10)4-5-13-3/h6-7H,4-5,10H2,1-3H3. The average molecular weight is 231 g/mol. The van der Waals surface area contributed by atoms with Crippen molar-refractivity contribution in [2.45, 2.75) is 12.5 Å². The summed E-state index contributed by atoms with van der Waals surface area (Å²) in [5.41, 5.74) is 7.03. The number of thiazole rings is 1. The molecule has 0 radical (unpaired) electrons. The Morgan fingerprint density at radius 1 is 1.64 bits per heavy atom. The molecule has 0 amide bonds. The number of rotatable bonds is 5.